The fraction of sp³-hybridized carbons (Fsp3) is 0.182. The number of H-pyrrole nitrogens is 1. The molecule has 2 aromatic rings. The number of nitrogens with one attached hydrogen (secondary N) is 2. The average Bonchev–Trinajstić information content (AvgIpc) is 2.82. The Hall–Kier alpha value is -2.37. The molecule has 1 aromatic heterocycles. The van der Waals surface area contributed by atoms with Crippen LogP contribution >= 0.6 is 0 Å². The number of nitrogens with zero attached hydrogens (tertiary/aromatic N) is 2. The number of hydrogen-bond donors (Lipinski definition) is 2. The first-order valence-electron chi connectivity index (χ1n) is 5.16. The van der Waals surface area contributed by atoms with E-state index in [-0.39, 0.29) is 11.7 Å². The van der Waals surface area contributed by atoms with Gasteiger partial charge in [-0.2, -0.15) is 5.10 Å². The van der Waals surface area contributed by atoms with Gasteiger partial charge in [0.25, 0.3) is 5.69 Å². The van der Waals surface area contributed by atoms with Crippen molar-refractivity contribution in [3.05, 3.63) is 52.3 Å². The molecule has 2 rings (SSSR count). The van der Waals surface area contributed by atoms with Crippen LogP contribution in [0.25, 0.3) is 0 Å². The minimum Gasteiger partial charge on any atom is -0.378 e. The third kappa shape index (κ3) is 2.60. The second-order valence-corrected chi connectivity index (χ2v) is 3.71. The molecule has 0 amide bonds. The molecule has 0 saturated carbocycles. The lowest BCUT2D eigenvalue weighted by Gasteiger charge is -2.13. The van der Waals surface area contributed by atoms with E-state index in [2.05, 4.69) is 15.5 Å². The minimum atomic E-state index is -0.409. The van der Waals surface area contributed by atoms with E-state index in [9.17, 15) is 10.1 Å². The largest absolute Gasteiger partial charge is 0.378 e. The van der Waals surface area contributed by atoms with E-state index >= 15 is 0 Å². The van der Waals surface area contributed by atoms with Gasteiger partial charge in [-0.25, -0.2) is 0 Å². The van der Waals surface area contributed by atoms with Crippen molar-refractivity contribution in [2.75, 3.05) is 5.32 Å². The summed E-state index contributed by atoms with van der Waals surface area (Å²) in [5.74, 6) is 0. The van der Waals surface area contributed by atoms with E-state index in [1.807, 2.05) is 6.92 Å². The van der Waals surface area contributed by atoms with Crippen molar-refractivity contribution in [3.63, 3.8) is 0 Å². The molecule has 17 heavy (non-hydrogen) atoms. The highest BCUT2D eigenvalue weighted by atomic mass is 16.6. The molecule has 0 saturated heterocycles. The van der Waals surface area contributed by atoms with Crippen molar-refractivity contribution in [2.45, 2.75) is 13.0 Å². The number of aromatic amines is 1. The van der Waals surface area contributed by atoms with Gasteiger partial charge < -0.3 is 5.32 Å². The summed E-state index contributed by atoms with van der Waals surface area (Å²) in [5, 5.41) is 20.4. The summed E-state index contributed by atoms with van der Waals surface area (Å²) in [6.07, 6.45) is 3.50. The molecule has 0 fully saturated rings. The highest BCUT2D eigenvalue weighted by molar-refractivity contribution is 5.52. The molecule has 1 aromatic carbocycles. The highest BCUT2D eigenvalue weighted by Crippen LogP contribution is 2.21. The predicted molar refractivity (Wildman–Crippen MR) is 63.7 cm³/mol. The van der Waals surface area contributed by atoms with Crippen LogP contribution in [0.2, 0.25) is 0 Å². The van der Waals surface area contributed by atoms with Crippen LogP contribution in [0.15, 0.2) is 36.7 Å². The number of rotatable bonds is 4. The number of aromatic nitrogens is 2. The van der Waals surface area contributed by atoms with Crippen LogP contribution < -0.4 is 5.32 Å². The van der Waals surface area contributed by atoms with Crippen LogP contribution in [0, 0.1) is 10.1 Å². The Morgan fingerprint density at radius 3 is 3.00 bits per heavy atom. The molecule has 0 aliphatic heterocycles. The van der Waals surface area contributed by atoms with Crippen LogP contribution in [0.1, 0.15) is 18.5 Å². The zero-order chi connectivity index (χ0) is 12.3. The van der Waals surface area contributed by atoms with Crippen molar-refractivity contribution < 1.29 is 4.92 Å². The fourth-order valence-electron chi connectivity index (χ4n) is 1.54. The van der Waals surface area contributed by atoms with E-state index in [1.54, 1.807) is 24.5 Å². The number of non-ortho nitro benzene ring substituents is 1. The van der Waals surface area contributed by atoms with E-state index in [0.717, 1.165) is 5.56 Å². The van der Waals surface area contributed by atoms with E-state index in [1.165, 1.54) is 12.1 Å². The zero-order valence-corrected chi connectivity index (χ0v) is 9.25. The molecule has 88 valence electrons. The van der Waals surface area contributed by atoms with Gasteiger partial charge in [-0.1, -0.05) is 6.07 Å². The molecule has 0 radical (unpaired) electrons. The maximum absolute atomic E-state index is 10.6. The molecule has 1 unspecified atom stereocenters. The number of benzene rings is 1. The molecule has 6 nitrogen and oxygen atoms in total. The molecule has 6 heteroatoms. The molecular weight excluding hydrogens is 220 g/mol. The van der Waals surface area contributed by atoms with Gasteiger partial charge in [0.1, 0.15) is 0 Å². The SMILES string of the molecule is CC(Nc1cccc([N+](=O)[O-])c1)c1cn[nH]c1. The molecule has 0 spiro atoms. The average molecular weight is 232 g/mol. The first-order chi connectivity index (χ1) is 8.16. The summed E-state index contributed by atoms with van der Waals surface area (Å²) in [6, 6.07) is 6.46. The van der Waals surface area contributed by atoms with Gasteiger partial charge in [0.05, 0.1) is 17.2 Å². The van der Waals surface area contributed by atoms with Gasteiger partial charge in [-0.05, 0) is 13.0 Å². The maximum atomic E-state index is 10.6. The Bertz CT molecular complexity index is 510. The van der Waals surface area contributed by atoms with Gasteiger partial charge in [-0.3, -0.25) is 15.2 Å². The second kappa shape index (κ2) is 4.65. The summed E-state index contributed by atoms with van der Waals surface area (Å²) in [7, 11) is 0. The van der Waals surface area contributed by atoms with Gasteiger partial charge in [0.2, 0.25) is 0 Å². The summed E-state index contributed by atoms with van der Waals surface area (Å²) in [4.78, 5) is 10.2. The van der Waals surface area contributed by atoms with Gasteiger partial charge in [0.15, 0.2) is 0 Å². The number of nitro benzene ring substituents is 1. The van der Waals surface area contributed by atoms with E-state index < -0.39 is 4.92 Å². The Morgan fingerprint density at radius 1 is 1.53 bits per heavy atom. The van der Waals surface area contributed by atoms with Crippen LogP contribution in [0.3, 0.4) is 0 Å². The Labute approximate surface area is 97.8 Å². The lowest BCUT2D eigenvalue weighted by Crippen LogP contribution is -2.05. The smallest absolute Gasteiger partial charge is 0.271 e. The molecule has 0 aliphatic rings. The maximum Gasteiger partial charge on any atom is 0.271 e. The standard InChI is InChI=1S/C11H12N4O2/c1-8(9-6-12-13-7-9)14-10-3-2-4-11(5-10)15(16)17/h2-8,14H,1H3,(H,12,13). The molecule has 0 aliphatic carbocycles. The monoisotopic (exact) mass is 232 g/mol. The quantitative estimate of drug-likeness (QED) is 0.626. The topological polar surface area (TPSA) is 83.8 Å². The number of nitro groups is 1. The van der Waals surface area contributed by atoms with Crippen molar-refractivity contribution in [1.82, 2.24) is 10.2 Å². The Balaban J connectivity index is 2.13. The molecule has 1 atom stereocenters. The summed E-state index contributed by atoms with van der Waals surface area (Å²) < 4.78 is 0. The van der Waals surface area contributed by atoms with Crippen molar-refractivity contribution in [1.29, 1.82) is 0 Å². The van der Waals surface area contributed by atoms with Crippen LogP contribution in [0.4, 0.5) is 11.4 Å². The fourth-order valence-corrected chi connectivity index (χ4v) is 1.54. The Morgan fingerprint density at radius 2 is 2.35 bits per heavy atom. The number of anilines is 1. The third-order valence-corrected chi connectivity index (χ3v) is 2.46. The van der Waals surface area contributed by atoms with Crippen LogP contribution in [-0.2, 0) is 0 Å². The van der Waals surface area contributed by atoms with Crippen LogP contribution in [0.5, 0.6) is 0 Å². The summed E-state index contributed by atoms with van der Waals surface area (Å²) >= 11 is 0. The molecular formula is C11H12N4O2. The first-order valence-corrected chi connectivity index (χ1v) is 5.16. The van der Waals surface area contributed by atoms with Gasteiger partial charge >= 0.3 is 0 Å². The predicted octanol–water partition coefficient (Wildman–Crippen LogP) is 2.49. The summed E-state index contributed by atoms with van der Waals surface area (Å²) in [5.41, 5.74) is 1.79. The highest BCUT2D eigenvalue weighted by Gasteiger charge is 2.09. The molecule has 1 heterocycles. The van der Waals surface area contributed by atoms with Crippen LogP contribution in [-0.4, -0.2) is 15.1 Å². The summed E-state index contributed by atoms with van der Waals surface area (Å²) in [6.45, 7) is 1.96. The minimum absolute atomic E-state index is 0.0377. The lowest BCUT2D eigenvalue weighted by molar-refractivity contribution is -0.384. The van der Waals surface area contributed by atoms with Gasteiger partial charge in [0, 0.05) is 29.6 Å². The Kier molecular flexibility index (Phi) is 3.04. The zero-order valence-electron chi connectivity index (χ0n) is 9.25. The first kappa shape index (κ1) is 11.1. The molecule has 2 N–H and O–H groups in total. The van der Waals surface area contributed by atoms with Crippen molar-refractivity contribution >= 4 is 11.4 Å². The van der Waals surface area contributed by atoms with Gasteiger partial charge in [-0.15, -0.1) is 0 Å². The van der Waals surface area contributed by atoms with Crippen molar-refractivity contribution in [2.24, 2.45) is 0 Å². The van der Waals surface area contributed by atoms with E-state index in [0.29, 0.717) is 5.69 Å². The van der Waals surface area contributed by atoms with Crippen molar-refractivity contribution in [3.8, 4) is 0 Å². The second-order valence-electron chi connectivity index (χ2n) is 3.71. The molecule has 0 bridgehead atoms. The number of hydrogen-bond acceptors (Lipinski definition) is 4. The van der Waals surface area contributed by atoms with E-state index in [4.69, 9.17) is 0 Å². The normalized spacial score (nSPS) is 12.1. The third-order valence-electron chi connectivity index (χ3n) is 2.46. The lowest BCUT2D eigenvalue weighted by atomic mass is 10.2.